The normalized spacial score (nSPS) is 19.7. The minimum atomic E-state index is -3.65. The number of aromatic nitrogens is 5. The van der Waals surface area contributed by atoms with Crippen molar-refractivity contribution in [1.29, 1.82) is 0 Å². The summed E-state index contributed by atoms with van der Waals surface area (Å²) in [6, 6.07) is 16.1. The van der Waals surface area contributed by atoms with E-state index in [1.54, 1.807) is 61.5 Å². The first-order valence-corrected chi connectivity index (χ1v) is 20.3. The molecule has 1 unspecified atom stereocenters. The molecule has 4 atom stereocenters. The zero-order chi connectivity index (χ0) is 44.5. The van der Waals surface area contributed by atoms with Crippen LogP contribution >= 0.6 is 0 Å². The van der Waals surface area contributed by atoms with Gasteiger partial charge in [0, 0.05) is 56.0 Å². The number of aliphatic hydroxyl groups is 3. The number of hydrogen-bond donors (Lipinski definition) is 7. The van der Waals surface area contributed by atoms with E-state index in [0.717, 1.165) is 6.20 Å². The number of nitrogens with one attached hydrogen (secondary N) is 2. The molecule has 328 valence electrons. The number of aromatic hydroxyl groups is 2. The minimum absolute atomic E-state index is 0.00732. The van der Waals surface area contributed by atoms with Gasteiger partial charge in [-0.05, 0) is 91.8 Å². The number of anilines is 1. The SMILES string of the molecule is CCNC(=O)c1nnc(-c2cc(C(C)C)c(O)cc2O)n1-c1ccc(Oc2ccc(C(O)N3CCC(C(=O)Nc4ccn([C@@H]5C[C@H](CO)[C@@H](O)C5(F)F)c(=O)n4)CC3)cc2)cc1. The van der Waals surface area contributed by atoms with Gasteiger partial charge in [0.25, 0.3) is 11.8 Å². The second-order valence-electron chi connectivity index (χ2n) is 15.8. The van der Waals surface area contributed by atoms with Crippen molar-refractivity contribution in [2.75, 3.05) is 31.6 Å². The van der Waals surface area contributed by atoms with Gasteiger partial charge in [0.2, 0.25) is 11.7 Å². The van der Waals surface area contributed by atoms with Crippen LogP contribution in [-0.2, 0) is 4.79 Å². The maximum atomic E-state index is 14.7. The molecule has 1 aliphatic carbocycles. The van der Waals surface area contributed by atoms with E-state index in [4.69, 9.17) is 4.74 Å². The Bertz CT molecular complexity index is 2470. The standard InChI is InChI=1S/C43H48F2N8O9/c1-4-46-40(59)38-50-49-37(31-20-30(23(2)3)32(55)21-33(31)56)53(38)27-7-11-29(12-8-27)62-28-9-5-25(6-10-28)41(60)51-16-13-24(14-17-51)39(58)47-35-15-18-52(42(61)48-35)34-19-26(22-54)36(57)43(34,44)45/h5-12,15,18,20-21,23-24,26,34,36,41,54-57,60H,4,13-14,16-17,19,22H2,1-3H3,(H,46,59)(H,47,48,58,61)/t26-,34-,36-,41?/m1/s1. The van der Waals surface area contributed by atoms with E-state index < -0.39 is 60.2 Å². The third kappa shape index (κ3) is 8.74. The number of halogens is 2. The fourth-order valence-corrected chi connectivity index (χ4v) is 7.96. The van der Waals surface area contributed by atoms with Gasteiger partial charge in [0.05, 0.1) is 5.56 Å². The lowest BCUT2D eigenvalue weighted by atomic mass is 9.95. The molecule has 2 fully saturated rings. The number of carbonyl (C=O) groups excluding carboxylic acids is 2. The number of hydrogen-bond acceptors (Lipinski definition) is 13. The number of alkyl halides is 2. The Morgan fingerprint density at radius 1 is 0.968 bits per heavy atom. The molecule has 19 heteroatoms. The largest absolute Gasteiger partial charge is 0.508 e. The van der Waals surface area contributed by atoms with Crippen LogP contribution in [0.4, 0.5) is 14.6 Å². The summed E-state index contributed by atoms with van der Waals surface area (Å²) in [6.07, 6.45) is -1.51. The van der Waals surface area contributed by atoms with Crippen molar-refractivity contribution in [3.05, 3.63) is 100 Å². The molecule has 62 heavy (non-hydrogen) atoms. The summed E-state index contributed by atoms with van der Waals surface area (Å²) >= 11 is 0. The predicted molar refractivity (Wildman–Crippen MR) is 220 cm³/mol. The van der Waals surface area contributed by atoms with Crippen molar-refractivity contribution < 1.29 is 48.6 Å². The smallest absolute Gasteiger partial charge is 0.349 e. The number of ether oxygens (including phenoxy) is 1. The van der Waals surface area contributed by atoms with E-state index >= 15 is 0 Å². The maximum Gasteiger partial charge on any atom is 0.349 e. The summed E-state index contributed by atoms with van der Waals surface area (Å²) in [4.78, 5) is 44.4. The van der Waals surface area contributed by atoms with E-state index in [1.807, 2.05) is 18.7 Å². The molecule has 5 aromatic rings. The van der Waals surface area contributed by atoms with Gasteiger partial charge in [-0.2, -0.15) is 4.98 Å². The molecule has 2 aliphatic rings. The van der Waals surface area contributed by atoms with Gasteiger partial charge in [-0.25, -0.2) is 13.6 Å². The highest BCUT2D eigenvalue weighted by Crippen LogP contribution is 2.46. The maximum absolute atomic E-state index is 14.7. The van der Waals surface area contributed by atoms with E-state index in [2.05, 4.69) is 25.8 Å². The molecule has 3 heterocycles. The molecule has 7 N–H and O–H groups in total. The number of phenolic OH excluding ortho intramolecular Hbond substituents is 2. The lowest BCUT2D eigenvalue weighted by molar-refractivity contribution is -0.123. The van der Waals surface area contributed by atoms with Gasteiger partial charge in [0.15, 0.2) is 5.82 Å². The minimum Gasteiger partial charge on any atom is -0.508 e. The first kappa shape index (κ1) is 43.8. The van der Waals surface area contributed by atoms with E-state index in [0.29, 0.717) is 65.4 Å². The molecule has 0 spiro atoms. The van der Waals surface area contributed by atoms with Crippen LogP contribution in [0.2, 0.25) is 0 Å². The predicted octanol–water partition coefficient (Wildman–Crippen LogP) is 4.46. The lowest BCUT2D eigenvalue weighted by Crippen LogP contribution is -2.41. The van der Waals surface area contributed by atoms with Crippen LogP contribution in [0.1, 0.15) is 80.0 Å². The van der Waals surface area contributed by atoms with Crippen LogP contribution in [-0.4, -0.2) is 105 Å². The average Bonchev–Trinajstić information content (AvgIpc) is 3.79. The summed E-state index contributed by atoms with van der Waals surface area (Å²) in [7, 11) is 0. The van der Waals surface area contributed by atoms with Crippen molar-refractivity contribution in [1.82, 2.24) is 34.5 Å². The molecule has 0 radical (unpaired) electrons. The van der Waals surface area contributed by atoms with E-state index in [9.17, 15) is 48.7 Å². The summed E-state index contributed by atoms with van der Waals surface area (Å²) in [5.41, 5.74) is 0.948. The van der Waals surface area contributed by atoms with Crippen LogP contribution in [0, 0.1) is 11.8 Å². The number of carbonyl (C=O) groups is 2. The number of amides is 2. The van der Waals surface area contributed by atoms with Crippen molar-refractivity contribution >= 4 is 17.6 Å². The first-order chi connectivity index (χ1) is 29.6. The van der Waals surface area contributed by atoms with Crippen molar-refractivity contribution in [2.24, 2.45) is 11.8 Å². The second kappa shape index (κ2) is 18.0. The Labute approximate surface area is 354 Å². The molecule has 1 saturated carbocycles. The highest BCUT2D eigenvalue weighted by atomic mass is 19.3. The fraction of sp³-hybridized carbons (Fsp3) is 0.395. The Morgan fingerprint density at radius 3 is 2.23 bits per heavy atom. The molecule has 1 saturated heterocycles. The monoisotopic (exact) mass is 858 g/mol. The topological polar surface area (TPSA) is 237 Å². The number of aliphatic hydroxyl groups excluding tert-OH is 3. The summed E-state index contributed by atoms with van der Waals surface area (Å²) in [5, 5.41) is 65.4. The van der Waals surface area contributed by atoms with Gasteiger partial charge in [-0.15, -0.1) is 10.2 Å². The third-order valence-electron chi connectivity index (χ3n) is 11.4. The van der Waals surface area contributed by atoms with Crippen molar-refractivity contribution in [3.63, 3.8) is 0 Å². The number of rotatable bonds is 13. The molecule has 2 amide bonds. The van der Waals surface area contributed by atoms with Gasteiger partial charge in [-0.3, -0.25) is 23.6 Å². The molecule has 1 aliphatic heterocycles. The van der Waals surface area contributed by atoms with Crippen molar-refractivity contribution in [2.45, 2.75) is 70.2 Å². The van der Waals surface area contributed by atoms with Crippen LogP contribution in [0.15, 0.2) is 77.7 Å². The quantitative estimate of drug-likeness (QED) is 0.0868. The molecule has 0 bridgehead atoms. The number of nitrogens with zero attached hydrogens (tertiary/aromatic N) is 6. The molecular formula is C43H48F2N8O9. The highest BCUT2D eigenvalue weighted by Gasteiger charge is 2.57. The summed E-state index contributed by atoms with van der Waals surface area (Å²) in [6.45, 7) is 6.03. The van der Waals surface area contributed by atoms with Gasteiger partial charge in [0.1, 0.15) is 47.2 Å². The van der Waals surface area contributed by atoms with Gasteiger partial charge < -0.3 is 40.9 Å². The number of piperidine rings is 1. The molecular weight excluding hydrogens is 811 g/mol. The lowest BCUT2D eigenvalue weighted by Gasteiger charge is -2.34. The fourth-order valence-electron chi connectivity index (χ4n) is 7.96. The molecule has 3 aromatic carbocycles. The first-order valence-electron chi connectivity index (χ1n) is 20.3. The number of likely N-dealkylation sites (tertiary alicyclic amines) is 1. The number of phenols is 2. The second-order valence-corrected chi connectivity index (χ2v) is 15.8. The molecule has 7 rings (SSSR count). The Kier molecular flexibility index (Phi) is 12.7. The summed E-state index contributed by atoms with van der Waals surface area (Å²) < 4.78 is 37.6. The Balaban J connectivity index is 0.961. The molecule has 17 nitrogen and oxygen atoms in total. The highest BCUT2D eigenvalue weighted by molar-refractivity contribution is 5.92. The van der Waals surface area contributed by atoms with Crippen molar-refractivity contribution in [3.8, 4) is 40.1 Å². The van der Waals surface area contributed by atoms with Crippen LogP contribution in [0.25, 0.3) is 17.1 Å². The van der Waals surface area contributed by atoms with E-state index in [1.165, 1.54) is 16.7 Å². The van der Waals surface area contributed by atoms with E-state index in [-0.39, 0.29) is 46.9 Å². The van der Waals surface area contributed by atoms with Crippen LogP contribution in [0.3, 0.4) is 0 Å². The number of benzene rings is 3. The van der Waals surface area contributed by atoms with Crippen LogP contribution in [0.5, 0.6) is 23.0 Å². The summed E-state index contributed by atoms with van der Waals surface area (Å²) in [5.74, 6) is -5.40. The van der Waals surface area contributed by atoms with Crippen LogP contribution < -0.4 is 21.1 Å². The zero-order valence-corrected chi connectivity index (χ0v) is 34.2. The Morgan fingerprint density at radius 2 is 1.63 bits per heavy atom. The third-order valence-corrected chi connectivity index (χ3v) is 11.4. The van der Waals surface area contributed by atoms with Gasteiger partial charge in [-0.1, -0.05) is 26.0 Å². The molecule has 2 aromatic heterocycles. The Hall–Kier alpha value is -6.28. The zero-order valence-electron chi connectivity index (χ0n) is 34.2. The van der Waals surface area contributed by atoms with Gasteiger partial charge >= 0.3 is 5.69 Å². The average molecular weight is 859 g/mol.